The van der Waals surface area contributed by atoms with Gasteiger partial charge >= 0.3 is 0 Å². The molecule has 1 atom stereocenters. The lowest BCUT2D eigenvalue weighted by atomic mass is 10.1. The fraction of sp³-hybridized carbons (Fsp3) is 0.500. The highest BCUT2D eigenvalue weighted by atomic mass is 16.5. The monoisotopic (exact) mass is 193 g/mol. The minimum Gasteiger partial charge on any atom is -0.491 e. The number of nitrogens with two attached hydrogens (primary N) is 1. The van der Waals surface area contributed by atoms with Crippen molar-refractivity contribution in [1.29, 1.82) is 0 Å². The maximum atomic E-state index is 5.71. The Kier molecular flexibility index (Phi) is 4.47. The zero-order chi connectivity index (χ0) is 10.4. The van der Waals surface area contributed by atoms with Gasteiger partial charge in [-0.25, -0.2) is 0 Å². The van der Waals surface area contributed by atoms with E-state index in [9.17, 15) is 0 Å². The molecule has 0 unspecified atom stereocenters. The zero-order valence-corrected chi connectivity index (χ0v) is 8.99. The van der Waals surface area contributed by atoms with Crippen molar-refractivity contribution >= 4 is 0 Å². The average Bonchev–Trinajstić information content (AvgIpc) is 2.19. The molecule has 2 nitrogen and oxygen atoms in total. The molecule has 1 aromatic carbocycles. The number of rotatable bonds is 5. The summed E-state index contributed by atoms with van der Waals surface area (Å²) < 4.78 is 5.71. The van der Waals surface area contributed by atoms with Gasteiger partial charge in [-0.2, -0.15) is 0 Å². The van der Waals surface area contributed by atoms with Gasteiger partial charge in [-0.05, 0) is 44.0 Å². The predicted octanol–water partition coefficient (Wildman–Crippen LogP) is 2.37. The molecule has 0 aliphatic rings. The fourth-order valence-corrected chi connectivity index (χ4v) is 1.26. The van der Waals surface area contributed by atoms with Gasteiger partial charge in [0.05, 0.1) is 6.10 Å². The first kappa shape index (κ1) is 11.1. The van der Waals surface area contributed by atoms with Crippen LogP contribution in [0.3, 0.4) is 0 Å². The van der Waals surface area contributed by atoms with Crippen LogP contribution in [0.25, 0.3) is 0 Å². The van der Waals surface area contributed by atoms with Crippen LogP contribution in [0.15, 0.2) is 24.3 Å². The predicted molar refractivity (Wildman–Crippen MR) is 59.6 cm³/mol. The van der Waals surface area contributed by atoms with Gasteiger partial charge in [0.15, 0.2) is 0 Å². The smallest absolute Gasteiger partial charge is 0.119 e. The van der Waals surface area contributed by atoms with Gasteiger partial charge in [0, 0.05) is 0 Å². The third-order valence-corrected chi connectivity index (χ3v) is 2.24. The van der Waals surface area contributed by atoms with E-state index in [1.807, 2.05) is 12.1 Å². The Morgan fingerprint density at radius 2 is 2.21 bits per heavy atom. The van der Waals surface area contributed by atoms with Gasteiger partial charge in [0.1, 0.15) is 5.75 Å². The molecule has 1 aromatic rings. The normalized spacial score (nSPS) is 12.5. The summed E-state index contributed by atoms with van der Waals surface area (Å²) in [6, 6.07) is 8.16. The zero-order valence-electron chi connectivity index (χ0n) is 8.99. The van der Waals surface area contributed by atoms with E-state index < -0.39 is 0 Å². The molecule has 78 valence electrons. The second-order valence-corrected chi connectivity index (χ2v) is 3.52. The lowest BCUT2D eigenvalue weighted by molar-refractivity contribution is 0.217. The van der Waals surface area contributed by atoms with E-state index in [1.165, 1.54) is 5.56 Å². The maximum Gasteiger partial charge on any atom is 0.119 e. The van der Waals surface area contributed by atoms with E-state index >= 15 is 0 Å². The topological polar surface area (TPSA) is 35.2 Å². The molecule has 0 spiro atoms. The standard InChI is InChI=1S/C12H19NO/c1-3-10(2)14-12-6-4-5-11(9-12)7-8-13/h4-6,9-10H,3,7-8,13H2,1-2H3/t10-/m1/s1. The van der Waals surface area contributed by atoms with Crippen LogP contribution in [0.4, 0.5) is 0 Å². The molecule has 0 saturated carbocycles. The molecule has 14 heavy (non-hydrogen) atoms. The summed E-state index contributed by atoms with van der Waals surface area (Å²) in [5.41, 5.74) is 6.74. The highest BCUT2D eigenvalue weighted by molar-refractivity contribution is 5.28. The van der Waals surface area contributed by atoms with E-state index in [4.69, 9.17) is 10.5 Å². The number of ether oxygens (including phenoxy) is 1. The first-order chi connectivity index (χ1) is 6.76. The number of hydrogen-bond acceptors (Lipinski definition) is 2. The van der Waals surface area contributed by atoms with Crippen LogP contribution in [0.1, 0.15) is 25.8 Å². The SMILES string of the molecule is CC[C@@H](C)Oc1cccc(CCN)c1. The van der Waals surface area contributed by atoms with Gasteiger partial charge in [-0.15, -0.1) is 0 Å². The molecule has 0 amide bonds. The maximum absolute atomic E-state index is 5.71. The molecule has 2 N–H and O–H groups in total. The molecule has 1 rings (SSSR count). The lowest BCUT2D eigenvalue weighted by Gasteiger charge is -2.13. The molecule has 0 heterocycles. The summed E-state index contributed by atoms with van der Waals surface area (Å²) in [6.45, 7) is 4.89. The second kappa shape index (κ2) is 5.66. The van der Waals surface area contributed by atoms with E-state index in [-0.39, 0.29) is 6.10 Å². The molecule has 0 fully saturated rings. The van der Waals surface area contributed by atoms with Gasteiger partial charge in [-0.3, -0.25) is 0 Å². The Hall–Kier alpha value is -1.02. The van der Waals surface area contributed by atoms with Crippen LogP contribution in [-0.4, -0.2) is 12.6 Å². The van der Waals surface area contributed by atoms with Gasteiger partial charge in [0.2, 0.25) is 0 Å². The van der Waals surface area contributed by atoms with Crippen molar-refractivity contribution in [3.63, 3.8) is 0 Å². The summed E-state index contributed by atoms with van der Waals surface area (Å²) in [5.74, 6) is 0.949. The van der Waals surface area contributed by atoms with Crippen molar-refractivity contribution in [3.05, 3.63) is 29.8 Å². The Bertz CT molecular complexity index is 273. The largest absolute Gasteiger partial charge is 0.491 e. The Morgan fingerprint density at radius 1 is 1.43 bits per heavy atom. The second-order valence-electron chi connectivity index (χ2n) is 3.52. The van der Waals surface area contributed by atoms with Gasteiger partial charge in [-0.1, -0.05) is 19.1 Å². The minimum atomic E-state index is 0.281. The Morgan fingerprint density at radius 3 is 2.86 bits per heavy atom. The third-order valence-electron chi connectivity index (χ3n) is 2.24. The summed E-state index contributed by atoms with van der Waals surface area (Å²) in [4.78, 5) is 0. The number of hydrogen-bond donors (Lipinski definition) is 1. The van der Waals surface area contributed by atoms with Crippen LogP contribution in [0, 0.1) is 0 Å². The third kappa shape index (κ3) is 3.38. The van der Waals surface area contributed by atoms with Crippen molar-refractivity contribution in [2.45, 2.75) is 32.8 Å². The van der Waals surface area contributed by atoms with Gasteiger partial charge < -0.3 is 10.5 Å². The lowest BCUT2D eigenvalue weighted by Crippen LogP contribution is -2.10. The van der Waals surface area contributed by atoms with E-state index in [2.05, 4.69) is 26.0 Å². The van der Waals surface area contributed by atoms with Gasteiger partial charge in [0.25, 0.3) is 0 Å². The van der Waals surface area contributed by atoms with E-state index in [0.29, 0.717) is 6.54 Å². The fourth-order valence-electron chi connectivity index (χ4n) is 1.26. The quantitative estimate of drug-likeness (QED) is 0.779. The summed E-state index contributed by atoms with van der Waals surface area (Å²) in [6.07, 6.45) is 2.22. The minimum absolute atomic E-state index is 0.281. The Balaban J connectivity index is 2.63. The van der Waals surface area contributed by atoms with E-state index in [0.717, 1.165) is 18.6 Å². The molecule has 0 aliphatic carbocycles. The first-order valence-electron chi connectivity index (χ1n) is 5.22. The first-order valence-corrected chi connectivity index (χ1v) is 5.22. The summed E-state index contributed by atoms with van der Waals surface area (Å²) in [5, 5.41) is 0. The van der Waals surface area contributed by atoms with Crippen LogP contribution >= 0.6 is 0 Å². The summed E-state index contributed by atoms with van der Waals surface area (Å²) >= 11 is 0. The molecule has 2 heteroatoms. The average molecular weight is 193 g/mol. The van der Waals surface area contributed by atoms with Crippen molar-refractivity contribution in [2.24, 2.45) is 5.73 Å². The van der Waals surface area contributed by atoms with Crippen LogP contribution < -0.4 is 10.5 Å². The molecule has 0 radical (unpaired) electrons. The van der Waals surface area contributed by atoms with Crippen molar-refractivity contribution in [3.8, 4) is 5.75 Å². The molecular formula is C12H19NO. The molecule has 0 aromatic heterocycles. The van der Waals surface area contributed by atoms with E-state index in [1.54, 1.807) is 0 Å². The van der Waals surface area contributed by atoms with Crippen LogP contribution in [-0.2, 0) is 6.42 Å². The molecule has 0 saturated heterocycles. The molecular weight excluding hydrogens is 174 g/mol. The van der Waals surface area contributed by atoms with Crippen molar-refractivity contribution in [1.82, 2.24) is 0 Å². The van der Waals surface area contributed by atoms with Crippen LogP contribution in [0.5, 0.6) is 5.75 Å². The van der Waals surface area contributed by atoms with Crippen molar-refractivity contribution in [2.75, 3.05) is 6.54 Å². The highest BCUT2D eigenvalue weighted by Gasteiger charge is 2.01. The molecule has 0 aliphatic heterocycles. The summed E-state index contributed by atoms with van der Waals surface area (Å²) in [7, 11) is 0. The van der Waals surface area contributed by atoms with Crippen molar-refractivity contribution < 1.29 is 4.74 Å². The highest BCUT2D eigenvalue weighted by Crippen LogP contribution is 2.15. The number of benzene rings is 1. The molecule has 0 bridgehead atoms. The van der Waals surface area contributed by atoms with Crippen LogP contribution in [0.2, 0.25) is 0 Å². The Labute approximate surface area is 86.1 Å².